The second kappa shape index (κ2) is 2.95. The molecule has 1 aliphatic carbocycles. The van der Waals surface area contributed by atoms with Gasteiger partial charge in [-0.1, -0.05) is 0 Å². The molecule has 0 aromatic carbocycles. The van der Waals surface area contributed by atoms with Gasteiger partial charge < -0.3 is 0 Å². The third-order valence-corrected chi connectivity index (χ3v) is 5.17. The first-order valence-corrected chi connectivity index (χ1v) is 6.67. The zero-order valence-corrected chi connectivity index (χ0v) is 8.94. The fourth-order valence-electron chi connectivity index (χ4n) is 2.17. The Morgan fingerprint density at radius 1 is 1.31 bits per heavy atom. The standard InChI is InChI=1S/C9H17NO2S/c1-2-13(11,12)10-7-3-4-9(8-10)5-6-9/h2-8H2,1H3. The molecule has 1 saturated carbocycles. The third-order valence-electron chi connectivity index (χ3n) is 3.34. The van der Waals surface area contributed by atoms with E-state index in [9.17, 15) is 8.42 Å². The zero-order chi connectivity index (χ0) is 9.53. The molecule has 1 aliphatic heterocycles. The van der Waals surface area contributed by atoms with Gasteiger partial charge in [-0.2, -0.15) is 0 Å². The highest BCUT2D eigenvalue weighted by Gasteiger charge is 2.47. The molecule has 2 aliphatic rings. The first kappa shape index (κ1) is 9.46. The summed E-state index contributed by atoms with van der Waals surface area (Å²) in [4.78, 5) is 0. The number of hydrogen-bond acceptors (Lipinski definition) is 2. The van der Waals surface area contributed by atoms with Gasteiger partial charge >= 0.3 is 0 Å². The molecule has 0 unspecified atom stereocenters. The van der Waals surface area contributed by atoms with Gasteiger partial charge in [0.15, 0.2) is 0 Å². The normalized spacial score (nSPS) is 27.8. The lowest BCUT2D eigenvalue weighted by atomic mass is 9.97. The molecule has 0 bridgehead atoms. The van der Waals surface area contributed by atoms with Crippen LogP contribution in [-0.4, -0.2) is 31.6 Å². The zero-order valence-electron chi connectivity index (χ0n) is 8.12. The molecule has 1 saturated heterocycles. The van der Waals surface area contributed by atoms with Crippen LogP contribution in [0.3, 0.4) is 0 Å². The average molecular weight is 203 g/mol. The average Bonchev–Trinajstić information content (AvgIpc) is 2.85. The van der Waals surface area contributed by atoms with E-state index in [0.29, 0.717) is 5.41 Å². The predicted molar refractivity (Wildman–Crippen MR) is 51.9 cm³/mol. The molecule has 3 nitrogen and oxygen atoms in total. The minimum Gasteiger partial charge on any atom is -0.212 e. The second-order valence-electron chi connectivity index (χ2n) is 4.34. The summed E-state index contributed by atoms with van der Waals surface area (Å²) in [6.45, 7) is 3.27. The van der Waals surface area contributed by atoms with Gasteiger partial charge in [-0.25, -0.2) is 12.7 Å². The predicted octanol–water partition coefficient (Wildman–Crippen LogP) is 1.21. The van der Waals surface area contributed by atoms with Crippen molar-refractivity contribution in [2.45, 2.75) is 32.6 Å². The van der Waals surface area contributed by atoms with E-state index in [4.69, 9.17) is 0 Å². The van der Waals surface area contributed by atoms with Crippen LogP contribution in [0.4, 0.5) is 0 Å². The first-order valence-electron chi connectivity index (χ1n) is 5.06. The smallest absolute Gasteiger partial charge is 0.212 e. The molecular formula is C9H17NO2S. The summed E-state index contributed by atoms with van der Waals surface area (Å²) in [6, 6.07) is 0. The molecule has 1 spiro atoms. The third kappa shape index (κ3) is 1.74. The van der Waals surface area contributed by atoms with Gasteiger partial charge in [0.2, 0.25) is 10.0 Å². The number of hydrogen-bond donors (Lipinski definition) is 0. The Morgan fingerprint density at radius 3 is 2.54 bits per heavy atom. The molecule has 0 amide bonds. The van der Waals surface area contributed by atoms with Gasteiger partial charge in [0.25, 0.3) is 0 Å². The van der Waals surface area contributed by atoms with Gasteiger partial charge in [0.1, 0.15) is 0 Å². The molecule has 2 fully saturated rings. The summed E-state index contributed by atoms with van der Waals surface area (Å²) in [5.41, 5.74) is 0.403. The van der Waals surface area contributed by atoms with Crippen LogP contribution < -0.4 is 0 Å². The fraction of sp³-hybridized carbons (Fsp3) is 1.00. The maximum absolute atomic E-state index is 11.6. The quantitative estimate of drug-likeness (QED) is 0.676. The maximum Gasteiger partial charge on any atom is 0.213 e. The van der Waals surface area contributed by atoms with Crippen molar-refractivity contribution in [3.8, 4) is 0 Å². The monoisotopic (exact) mass is 203 g/mol. The molecule has 0 N–H and O–H groups in total. The Kier molecular flexibility index (Phi) is 2.15. The van der Waals surface area contributed by atoms with Gasteiger partial charge in [-0.05, 0) is 38.0 Å². The lowest BCUT2D eigenvalue weighted by Gasteiger charge is -2.31. The van der Waals surface area contributed by atoms with Crippen LogP contribution in [0.25, 0.3) is 0 Å². The van der Waals surface area contributed by atoms with E-state index in [0.717, 1.165) is 19.5 Å². The highest BCUT2D eigenvalue weighted by atomic mass is 32.2. The summed E-state index contributed by atoms with van der Waals surface area (Å²) in [5.74, 6) is 0.253. The Balaban J connectivity index is 2.08. The van der Waals surface area contributed by atoms with Crippen molar-refractivity contribution in [1.29, 1.82) is 0 Å². The molecular weight excluding hydrogens is 186 g/mol. The van der Waals surface area contributed by atoms with E-state index >= 15 is 0 Å². The lowest BCUT2D eigenvalue weighted by molar-refractivity contribution is 0.250. The molecule has 4 heteroatoms. The molecule has 1 heterocycles. The lowest BCUT2D eigenvalue weighted by Crippen LogP contribution is -2.41. The Bertz CT molecular complexity index is 293. The Morgan fingerprint density at radius 2 is 2.00 bits per heavy atom. The van der Waals surface area contributed by atoms with Crippen LogP contribution in [0.2, 0.25) is 0 Å². The van der Waals surface area contributed by atoms with E-state index in [2.05, 4.69) is 0 Å². The van der Waals surface area contributed by atoms with E-state index in [1.54, 1.807) is 11.2 Å². The molecule has 0 radical (unpaired) electrons. The molecule has 2 rings (SSSR count). The molecule has 0 aromatic heterocycles. The SMILES string of the molecule is CCS(=O)(=O)N1CCCC2(CC2)C1. The van der Waals surface area contributed by atoms with E-state index in [1.165, 1.54) is 19.3 Å². The van der Waals surface area contributed by atoms with Crippen molar-refractivity contribution in [3.05, 3.63) is 0 Å². The van der Waals surface area contributed by atoms with Crippen LogP contribution in [0, 0.1) is 5.41 Å². The minimum atomic E-state index is -2.92. The van der Waals surface area contributed by atoms with Crippen molar-refractivity contribution < 1.29 is 8.42 Å². The molecule has 0 atom stereocenters. The molecule has 13 heavy (non-hydrogen) atoms. The van der Waals surface area contributed by atoms with Crippen LogP contribution >= 0.6 is 0 Å². The van der Waals surface area contributed by atoms with Crippen LogP contribution in [-0.2, 0) is 10.0 Å². The number of sulfonamides is 1. The van der Waals surface area contributed by atoms with E-state index in [1.807, 2.05) is 0 Å². The van der Waals surface area contributed by atoms with Crippen LogP contribution in [0.15, 0.2) is 0 Å². The van der Waals surface area contributed by atoms with Crippen molar-refractivity contribution in [1.82, 2.24) is 4.31 Å². The highest BCUT2D eigenvalue weighted by Crippen LogP contribution is 2.52. The van der Waals surface area contributed by atoms with Crippen LogP contribution in [0.1, 0.15) is 32.6 Å². The summed E-state index contributed by atoms with van der Waals surface area (Å²) < 4.78 is 24.9. The van der Waals surface area contributed by atoms with Gasteiger partial charge in [0, 0.05) is 13.1 Å². The largest absolute Gasteiger partial charge is 0.213 e. The minimum absolute atomic E-state index is 0.253. The summed E-state index contributed by atoms with van der Waals surface area (Å²) in [5, 5.41) is 0. The summed E-state index contributed by atoms with van der Waals surface area (Å²) >= 11 is 0. The Labute approximate surface area is 80.2 Å². The number of nitrogens with zero attached hydrogens (tertiary/aromatic N) is 1. The van der Waals surface area contributed by atoms with Crippen molar-refractivity contribution in [2.75, 3.05) is 18.8 Å². The van der Waals surface area contributed by atoms with Gasteiger partial charge in [-0.3, -0.25) is 0 Å². The highest BCUT2D eigenvalue weighted by molar-refractivity contribution is 7.89. The van der Waals surface area contributed by atoms with Crippen molar-refractivity contribution >= 4 is 10.0 Å². The van der Waals surface area contributed by atoms with Gasteiger partial charge in [0.05, 0.1) is 5.75 Å². The van der Waals surface area contributed by atoms with E-state index in [-0.39, 0.29) is 5.75 Å². The number of piperidine rings is 1. The number of rotatable bonds is 2. The van der Waals surface area contributed by atoms with Gasteiger partial charge in [-0.15, -0.1) is 0 Å². The summed E-state index contributed by atoms with van der Waals surface area (Å²) in [7, 11) is -2.92. The Hall–Kier alpha value is -0.0900. The van der Waals surface area contributed by atoms with Crippen molar-refractivity contribution in [2.24, 2.45) is 5.41 Å². The topological polar surface area (TPSA) is 37.4 Å². The second-order valence-corrected chi connectivity index (χ2v) is 6.60. The maximum atomic E-state index is 11.6. The fourth-order valence-corrected chi connectivity index (χ4v) is 3.41. The molecule has 76 valence electrons. The molecule has 0 aromatic rings. The van der Waals surface area contributed by atoms with Crippen LogP contribution in [0.5, 0.6) is 0 Å². The first-order chi connectivity index (χ1) is 6.08. The van der Waals surface area contributed by atoms with E-state index < -0.39 is 10.0 Å². The summed E-state index contributed by atoms with van der Waals surface area (Å²) in [6.07, 6.45) is 4.77. The van der Waals surface area contributed by atoms with Crippen molar-refractivity contribution in [3.63, 3.8) is 0 Å².